The molecule has 1 aliphatic rings. The molecule has 7 aromatic rings. The van der Waals surface area contributed by atoms with Crippen LogP contribution < -0.4 is 15.0 Å². The van der Waals surface area contributed by atoms with E-state index in [0.717, 1.165) is 56.1 Å². The zero-order chi connectivity index (χ0) is 35.8. The van der Waals surface area contributed by atoms with Crippen molar-refractivity contribution in [3.05, 3.63) is 187 Å². The number of anilines is 4. The molecule has 1 N–H and O–H groups in total. The Balaban J connectivity index is 1.08. The van der Waals surface area contributed by atoms with Crippen LogP contribution in [0.25, 0.3) is 44.6 Å². The number of fused-ring (bicyclic) bond motifs is 4. The number of benzene rings is 6. The van der Waals surface area contributed by atoms with E-state index in [9.17, 15) is 0 Å². The molecule has 0 spiro atoms. The van der Waals surface area contributed by atoms with Crippen molar-refractivity contribution in [3.8, 4) is 11.1 Å². The first-order chi connectivity index (χ1) is 25.2. The number of rotatable bonds is 7. The summed E-state index contributed by atoms with van der Waals surface area (Å²) in [6.45, 7) is 11.6. The Hall–Kier alpha value is -6.10. The largest absolute Gasteiger partial charge is 0.354 e. The number of hydrogen-bond donors (Lipinski definition) is 1. The molecular formula is C48H43N3Si. The molecule has 0 saturated carbocycles. The fourth-order valence-corrected chi connectivity index (χ4v) is 8.28. The molecule has 1 aliphatic heterocycles. The first-order valence-corrected chi connectivity index (χ1v) is 21.4. The van der Waals surface area contributed by atoms with E-state index in [1.165, 1.54) is 27.1 Å². The third-order valence-corrected chi connectivity index (χ3v) is 12.1. The van der Waals surface area contributed by atoms with Gasteiger partial charge in [-0.2, -0.15) is 0 Å². The van der Waals surface area contributed by atoms with Crippen molar-refractivity contribution in [2.75, 3.05) is 16.8 Å². The highest BCUT2D eigenvalue weighted by Crippen LogP contribution is 2.39. The first-order valence-electron chi connectivity index (χ1n) is 17.9. The van der Waals surface area contributed by atoms with Gasteiger partial charge in [0.15, 0.2) is 0 Å². The fourth-order valence-electron chi connectivity index (χ4n) is 7.11. The van der Waals surface area contributed by atoms with Crippen LogP contribution in [0.3, 0.4) is 0 Å². The molecule has 0 atom stereocenters. The number of nitrogens with zero attached hydrogens (tertiary/aromatic N) is 2. The molecule has 0 aliphatic carbocycles. The number of aromatic amines is 1. The summed E-state index contributed by atoms with van der Waals surface area (Å²) in [7, 11) is 0.788. The lowest BCUT2D eigenvalue weighted by Gasteiger charge is -2.28. The van der Waals surface area contributed by atoms with E-state index in [1.807, 2.05) is 0 Å². The standard InChI is InChI=1S/C48H43N3Si/c1-34-16-17-36(33-50(2)48-32-41(24-29-43(34)48)51(39-12-8-6-9-13-39)40-14-10-7-11-15-40)19-18-35-20-27-44-45-28-23-38(31-47(45)49-46(44)30-35)37-21-25-42(26-22-37)52(3,4)5/h6-33,49H,1H2,2-5H3/b17-16-,19-18+,36-33+. The smallest absolute Gasteiger partial charge is 0.0775 e. The third-order valence-electron chi connectivity index (χ3n) is 9.99. The monoisotopic (exact) mass is 689 g/mol. The lowest BCUT2D eigenvalue weighted by Crippen LogP contribution is -2.37. The SMILES string of the molecule is C=C1\C=C/C(/C=C/c2ccc3c(c2)[nH]c2cc(-c4ccc([Si](C)(C)C)cc4)ccc23)=C\N(C)c2cc(N(c3ccccc3)c3ccccc3)ccc21. The van der Waals surface area contributed by atoms with E-state index in [0.29, 0.717) is 0 Å². The van der Waals surface area contributed by atoms with Crippen LogP contribution >= 0.6 is 0 Å². The number of H-pyrrole nitrogens is 1. The molecule has 0 bridgehead atoms. The molecule has 8 rings (SSSR count). The van der Waals surface area contributed by atoms with Crippen LogP contribution in [0.4, 0.5) is 22.7 Å². The predicted octanol–water partition coefficient (Wildman–Crippen LogP) is 12.6. The minimum atomic E-state index is -1.33. The zero-order valence-electron chi connectivity index (χ0n) is 30.3. The summed E-state index contributed by atoms with van der Waals surface area (Å²) in [6.07, 6.45) is 10.8. The Morgan fingerprint density at radius 2 is 1.25 bits per heavy atom. The minimum Gasteiger partial charge on any atom is -0.354 e. The highest BCUT2D eigenvalue weighted by Gasteiger charge is 2.18. The van der Waals surface area contributed by atoms with Gasteiger partial charge in [0, 0.05) is 57.7 Å². The average molecular weight is 690 g/mol. The molecule has 6 aromatic carbocycles. The molecule has 4 heteroatoms. The molecule has 52 heavy (non-hydrogen) atoms. The Kier molecular flexibility index (Phi) is 8.62. The van der Waals surface area contributed by atoms with Gasteiger partial charge in [-0.15, -0.1) is 0 Å². The summed E-state index contributed by atoms with van der Waals surface area (Å²) < 4.78 is 0. The Labute approximate surface area is 308 Å². The molecule has 0 fully saturated rings. The third kappa shape index (κ3) is 6.57. The van der Waals surface area contributed by atoms with E-state index >= 15 is 0 Å². The Bertz CT molecular complexity index is 2470. The quantitative estimate of drug-likeness (QED) is 0.168. The lowest BCUT2D eigenvalue weighted by atomic mass is 10.00. The van der Waals surface area contributed by atoms with Gasteiger partial charge in [-0.1, -0.05) is 147 Å². The molecule has 3 nitrogen and oxygen atoms in total. The van der Waals surface area contributed by atoms with Crippen molar-refractivity contribution in [2.45, 2.75) is 19.6 Å². The van der Waals surface area contributed by atoms with Crippen molar-refractivity contribution in [3.63, 3.8) is 0 Å². The molecule has 0 amide bonds. The molecule has 0 radical (unpaired) electrons. The van der Waals surface area contributed by atoms with Crippen molar-refractivity contribution in [2.24, 2.45) is 0 Å². The summed E-state index contributed by atoms with van der Waals surface area (Å²) in [6, 6.07) is 50.3. The van der Waals surface area contributed by atoms with Crippen LogP contribution in [0.2, 0.25) is 19.6 Å². The number of nitrogens with one attached hydrogen (secondary N) is 1. The normalized spacial score (nSPS) is 15.0. The van der Waals surface area contributed by atoms with Gasteiger partial charge in [-0.05, 0) is 76.4 Å². The summed E-state index contributed by atoms with van der Waals surface area (Å²) in [5.41, 5.74) is 13.5. The Morgan fingerprint density at radius 3 is 1.92 bits per heavy atom. The van der Waals surface area contributed by atoms with E-state index in [4.69, 9.17) is 0 Å². The van der Waals surface area contributed by atoms with E-state index in [1.54, 1.807) is 0 Å². The van der Waals surface area contributed by atoms with Crippen molar-refractivity contribution in [1.82, 2.24) is 4.98 Å². The number of aromatic nitrogens is 1. The number of hydrogen-bond acceptors (Lipinski definition) is 2. The maximum atomic E-state index is 4.45. The van der Waals surface area contributed by atoms with Crippen molar-refractivity contribution >= 4 is 69.5 Å². The topological polar surface area (TPSA) is 22.3 Å². The maximum Gasteiger partial charge on any atom is 0.0775 e. The van der Waals surface area contributed by atoms with Gasteiger partial charge in [-0.25, -0.2) is 0 Å². The lowest BCUT2D eigenvalue weighted by molar-refractivity contribution is 1.17. The predicted molar refractivity (Wildman–Crippen MR) is 229 cm³/mol. The molecule has 1 aromatic heterocycles. The van der Waals surface area contributed by atoms with Crippen molar-refractivity contribution in [1.29, 1.82) is 0 Å². The second-order valence-corrected chi connectivity index (χ2v) is 19.7. The number of para-hydroxylation sites is 2. The van der Waals surface area contributed by atoms with Gasteiger partial charge in [0.25, 0.3) is 0 Å². The molecule has 0 unspecified atom stereocenters. The van der Waals surface area contributed by atoms with Gasteiger partial charge in [-0.3, -0.25) is 0 Å². The Morgan fingerprint density at radius 1 is 0.615 bits per heavy atom. The van der Waals surface area contributed by atoms with E-state index < -0.39 is 8.07 Å². The molecular weight excluding hydrogens is 647 g/mol. The second kappa shape index (κ2) is 13.6. The highest BCUT2D eigenvalue weighted by molar-refractivity contribution is 6.88. The fraction of sp³-hybridized carbons (Fsp3) is 0.0833. The van der Waals surface area contributed by atoms with Crippen LogP contribution in [-0.2, 0) is 0 Å². The van der Waals surface area contributed by atoms with Gasteiger partial charge in [0.2, 0.25) is 0 Å². The van der Waals surface area contributed by atoms with Gasteiger partial charge < -0.3 is 14.8 Å². The first kappa shape index (κ1) is 33.1. The summed E-state index contributed by atoms with van der Waals surface area (Å²) in [4.78, 5) is 8.20. The van der Waals surface area contributed by atoms with Crippen LogP contribution in [0.1, 0.15) is 11.1 Å². The van der Waals surface area contributed by atoms with Crippen LogP contribution in [0.5, 0.6) is 0 Å². The van der Waals surface area contributed by atoms with Crippen LogP contribution in [0.15, 0.2) is 176 Å². The van der Waals surface area contributed by atoms with E-state index in [2.05, 4.69) is 218 Å². The summed E-state index contributed by atoms with van der Waals surface area (Å²) >= 11 is 0. The van der Waals surface area contributed by atoms with Crippen LogP contribution in [0, 0.1) is 0 Å². The minimum absolute atomic E-state index is 0.976. The van der Waals surface area contributed by atoms with Gasteiger partial charge >= 0.3 is 0 Å². The highest BCUT2D eigenvalue weighted by atomic mass is 28.3. The molecule has 0 saturated heterocycles. The zero-order valence-corrected chi connectivity index (χ0v) is 31.3. The van der Waals surface area contributed by atoms with Crippen molar-refractivity contribution < 1.29 is 0 Å². The van der Waals surface area contributed by atoms with Crippen LogP contribution in [-0.4, -0.2) is 20.1 Å². The summed E-state index contributed by atoms with van der Waals surface area (Å²) in [5, 5.41) is 3.97. The number of allylic oxidation sites excluding steroid dienone is 5. The van der Waals surface area contributed by atoms with Gasteiger partial charge in [0.05, 0.1) is 13.8 Å². The van der Waals surface area contributed by atoms with E-state index in [-0.39, 0.29) is 0 Å². The second-order valence-electron chi connectivity index (χ2n) is 14.7. The average Bonchev–Trinajstić information content (AvgIpc) is 3.53. The summed E-state index contributed by atoms with van der Waals surface area (Å²) in [5.74, 6) is 0. The maximum absolute atomic E-state index is 4.45. The molecule has 2 heterocycles. The molecule has 254 valence electrons. The van der Waals surface area contributed by atoms with Gasteiger partial charge in [0.1, 0.15) is 0 Å².